The summed E-state index contributed by atoms with van der Waals surface area (Å²) < 4.78 is 1.13. The molecular weight excluding hydrogens is 230 g/mol. The predicted octanol–water partition coefficient (Wildman–Crippen LogP) is 2.91. The number of nitriles is 1. The molecule has 2 heterocycles. The zero-order valence-corrected chi connectivity index (χ0v) is 10.0. The first kappa shape index (κ1) is 10.3. The van der Waals surface area contributed by atoms with Gasteiger partial charge >= 0.3 is 0 Å². The molecule has 1 aliphatic heterocycles. The third-order valence-electron chi connectivity index (χ3n) is 2.86. The van der Waals surface area contributed by atoms with Gasteiger partial charge in [-0.2, -0.15) is 5.26 Å². The second kappa shape index (κ2) is 4.19. The highest BCUT2D eigenvalue weighted by Crippen LogP contribution is 2.29. The lowest BCUT2D eigenvalue weighted by Crippen LogP contribution is -2.05. The van der Waals surface area contributed by atoms with Gasteiger partial charge in [-0.1, -0.05) is 12.1 Å². The van der Waals surface area contributed by atoms with Crippen LogP contribution in [0.1, 0.15) is 17.8 Å². The molecule has 0 saturated carbocycles. The molecule has 3 nitrogen and oxygen atoms in total. The van der Waals surface area contributed by atoms with E-state index in [0.717, 1.165) is 40.3 Å². The lowest BCUT2D eigenvalue weighted by atomic mass is 10.2. The van der Waals surface area contributed by atoms with Gasteiger partial charge in [0.05, 0.1) is 10.2 Å². The number of nitrogens with zero attached hydrogens (tertiary/aromatic N) is 2. The minimum atomic E-state index is 0.712. The first-order valence-electron chi connectivity index (χ1n) is 5.61. The molecule has 84 valence electrons. The van der Waals surface area contributed by atoms with E-state index in [1.54, 1.807) is 11.3 Å². The Morgan fingerprint density at radius 2 is 2.29 bits per heavy atom. The Bertz CT molecular complexity index is 592. The summed E-state index contributed by atoms with van der Waals surface area (Å²) in [6, 6.07) is 10.3. The van der Waals surface area contributed by atoms with Crippen molar-refractivity contribution in [3.05, 3.63) is 35.0 Å². The Hall–Kier alpha value is -1.86. The molecule has 0 aliphatic carbocycles. The number of rotatable bonds is 1. The van der Waals surface area contributed by atoms with Gasteiger partial charge in [0.25, 0.3) is 0 Å². The third-order valence-corrected chi connectivity index (χ3v) is 3.92. The number of aromatic nitrogens is 1. The number of hydrogen-bond donors (Lipinski definition) is 1. The summed E-state index contributed by atoms with van der Waals surface area (Å²) in [5.74, 6) is 0. The van der Waals surface area contributed by atoms with E-state index in [1.165, 1.54) is 0 Å². The van der Waals surface area contributed by atoms with Gasteiger partial charge in [-0.3, -0.25) is 0 Å². The molecule has 4 heteroatoms. The molecule has 1 aromatic carbocycles. The number of benzene rings is 1. The number of fused-ring (bicyclic) bond motifs is 1. The lowest BCUT2D eigenvalue weighted by molar-refractivity contribution is 0.904. The molecule has 2 aromatic rings. The largest absolute Gasteiger partial charge is 0.387 e. The highest BCUT2D eigenvalue weighted by Gasteiger charge is 2.16. The van der Waals surface area contributed by atoms with Crippen molar-refractivity contribution in [2.24, 2.45) is 0 Å². The average molecular weight is 241 g/mol. The van der Waals surface area contributed by atoms with Crippen molar-refractivity contribution < 1.29 is 0 Å². The van der Waals surface area contributed by atoms with Gasteiger partial charge in [0.15, 0.2) is 0 Å². The van der Waals surface area contributed by atoms with Crippen molar-refractivity contribution in [3.8, 4) is 6.07 Å². The molecule has 1 fully saturated rings. The smallest absolute Gasteiger partial charge is 0.136 e. The van der Waals surface area contributed by atoms with Gasteiger partial charge in [-0.05, 0) is 25.0 Å². The maximum Gasteiger partial charge on any atom is 0.136 e. The van der Waals surface area contributed by atoms with Crippen LogP contribution in [0, 0.1) is 11.3 Å². The fraction of sp³-hybridized carbons (Fsp3) is 0.231. The van der Waals surface area contributed by atoms with E-state index in [0.29, 0.717) is 5.57 Å². The van der Waals surface area contributed by atoms with Crippen molar-refractivity contribution in [1.82, 2.24) is 10.3 Å². The highest BCUT2D eigenvalue weighted by atomic mass is 32.1. The minimum absolute atomic E-state index is 0.712. The monoisotopic (exact) mass is 241 g/mol. The first-order chi connectivity index (χ1) is 8.38. The Kier molecular flexibility index (Phi) is 2.54. The summed E-state index contributed by atoms with van der Waals surface area (Å²) in [6.45, 7) is 0.964. The molecule has 3 rings (SSSR count). The topological polar surface area (TPSA) is 48.7 Å². The van der Waals surface area contributed by atoms with E-state index >= 15 is 0 Å². The Morgan fingerprint density at radius 1 is 1.41 bits per heavy atom. The van der Waals surface area contributed by atoms with Crippen LogP contribution in [-0.2, 0) is 0 Å². The molecule has 0 unspecified atom stereocenters. The molecule has 0 bridgehead atoms. The average Bonchev–Trinajstić information content (AvgIpc) is 2.98. The molecule has 0 radical (unpaired) electrons. The Labute approximate surface area is 103 Å². The van der Waals surface area contributed by atoms with E-state index in [-0.39, 0.29) is 0 Å². The minimum Gasteiger partial charge on any atom is -0.387 e. The van der Waals surface area contributed by atoms with Crippen molar-refractivity contribution in [2.45, 2.75) is 12.8 Å². The van der Waals surface area contributed by atoms with Crippen LogP contribution in [0.2, 0.25) is 0 Å². The summed E-state index contributed by atoms with van der Waals surface area (Å²) in [6.07, 6.45) is 2.06. The van der Waals surface area contributed by atoms with Crippen molar-refractivity contribution >= 4 is 27.1 Å². The quantitative estimate of drug-likeness (QED) is 0.781. The van der Waals surface area contributed by atoms with E-state index in [4.69, 9.17) is 0 Å². The van der Waals surface area contributed by atoms with Crippen LogP contribution >= 0.6 is 11.3 Å². The summed E-state index contributed by atoms with van der Waals surface area (Å²) in [5, 5.41) is 13.4. The van der Waals surface area contributed by atoms with Crippen molar-refractivity contribution in [2.75, 3.05) is 6.54 Å². The molecular formula is C13H11N3S. The van der Waals surface area contributed by atoms with Gasteiger partial charge in [-0.15, -0.1) is 11.3 Å². The standard InChI is InChI=1S/C13H11N3S/c14-8-9(10-5-3-7-15-10)13-16-11-4-1-2-6-12(11)17-13/h1-2,4,6,15H,3,5,7H2/b10-9-. The number of allylic oxidation sites excluding steroid dienone is 2. The van der Waals surface area contributed by atoms with Gasteiger partial charge in [0, 0.05) is 12.2 Å². The second-order valence-electron chi connectivity index (χ2n) is 3.98. The zero-order chi connectivity index (χ0) is 11.7. The second-order valence-corrected chi connectivity index (χ2v) is 5.01. The predicted molar refractivity (Wildman–Crippen MR) is 69.4 cm³/mol. The molecule has 1 saturated heterocycles. The summed E-state index contributed by atoms with van der Waals surface area (Å²) >= 11 is 1.59. The van der Waals surface area contributed by atoms with Crippen molar-refractivity contribution in [3.63, 3.8) is 0 Å². The van der Waals surface area contributed by atoms with Gasteiger partial charge in [-0.25, -0.2) is 4.98 Å². The lowest BCUT2D eigenvalue weighted by Gasteiger charge is -2.00. The van der Waals surface area contributed by atoms with Crippen LogP contribution in [0.15, 0.2) is 30.0 Å². The third kappa shape index (κ3) is 1.79. The van der Waals surface area contributed by atoms with E-state index in [1.807, 2.05) is 24.3 Å². The summed E-state index contributed by atoms with van der Waals surface area (Å²) in [4.78, 5) is 4.53. The zero-order valence-electron chi connectivity index (χ0n) is 9.23. The maximum atomic E-state index is 9.28. The molecule has 0 atom stereocenters. The molecule has 0 amide bonds. The maximum absolute atomic E-state index is 9.28. The highest BCUT2D eigenvalue weighted by molar-refractivity contribution is 7.19. The van der Waals surface area contributed by atoms with E-state index in [2.05, 4.69) is 16.4 Å². The van der Waals surface area contributed by atoms with E-state index < -0.39 is 0 Å². The van der Waals surface area contributed by atoms with Crippen molar-refractivity contribution in [1.29, 1.82) is 5.26 Å². The van der Waals surface area contributed by atoms with Gasteiger partial charge in [0.1, 0.15) is 16.6 Å². The molecule has 0 spiro atoms. The Balaban J connectivity index is 2.14. The molecule has 1 aromatic heterocycles. The van der Waals surface area contributed by atoms with Crippen LogP contribution in [-0.4, -0.2) is 11.5 Å². The summed E-state index contributed by atoms with van der Waals surface area (Å²) in [5.41, 5.74) is 2.73. The molecule has 17 heavy (non-hydrogen) atoms. The van der Waals surface area contributed by atoms with E-state index in [9.17, 15) is 5.26 Å². The van der Waals surface area contributed by atoms with Crippen LogP contribution in [0.25, 0.3) is 15.8 Å². The van der Waals surface area contributed by atoms with Crippen LogP contribution in [0.5, 0.6) is 0 Å². The fourth-order valence-corrected chi connectivity index (χ4v) is 3.02. The summed E-state index contributed by atoms with van der Waals surface area (Å²) in [7, 11) is 0. The number of nitrogens with one attached hydrogen (secondary N) is 1. The van der Waals surface area contributed by atoms with Gasteiger partial charge in [0.2, 0.25) is 0 Å². The SMILES string of the molecule is N#C/C(=C1\CCCN1)c1nc2ccccc2s1. The van der Waals surface area contributed by atoms with Crippen LogP contribution < -0.4 is 5.32 Å². The van der Waals surface area contributed by atoms with Gasteiger partial charge < -0.3 is 5.32 Å². The number of para-hydroxylation sites is 1. The first-order valence-corrected chi connectivity index (χ1v) is 6.43. The van der Waals surface area contributed by atoms with Crippen LogP contribution in [0.3, 0.4) is 0 Å². The molecule has 1 aliphatic rings. The fourth-order valence-electron chi connectivity index (χ4n) is 2.03. The van der Waals surface area contributed by atoms with Crippen LogP contribution in [0.4, 0.5) is 0 Å². The number of hydrogen-bond acceptors (Lipinski definition) is 4. The molecule has 1 N–H and O–H groups in total. The Morgan fingerprint density at radius 3 is 3.00 bits per heavy atom. The number of thiazole rings is 1. The normalized spacial score (nSPS) is 17.8.